The molecule has 0 amide bonds. The van der Waals surface area contributed by atoms with Gasteiger partial charge < -0.3 is 14.6 Å². The molecule has 182 valence electrons. The standard InChI is InChI=1S/C28H24N2O5S/c1-4-35-27(33)24-16(2)29-28-30(25(24)20-11-7-9-18-8-5-6-10-19(18)20)26(32)23(36-28)15-17-12-13-21(31)22(14-17)34-3/h5-15,25,31H,4H2,1-3H3/b23-15-/t25-/m0/s1. The molecule has 0 radical (unpaired) electrons. The van der Waals surface area contributed by atoms with Gasteiger partial charge in [-0.1, -0.05) is 59.9 Å². The molecule has 1 N–H and O–H groups in total. The molecule has 2 heterocycles. The van der Waals surface area contributed by atoms with E-state index in [0.717, 1.165) is 16.3 Å². The highest BCUT2D eigenvalue weighted by atomic mass is 32.1. The molecule has 0 aliphatic carbocycles. The number of phenols is 1. The highest BCUT2D eigenvalue weighted by molar-refractivity contribution is 7.07. The summed E-state index contributed by atoms with van der Waals surface area (Å²) in [7, 11) is 1.47. The van der Waals surface area contributed by atoms with E-state index in [9.17, 15) is 14.7 Å². The van der Waals surface area contributed by atoms with Gasteiger partial charge in [-0.2, -0.15) is 0 Å². The van der Waals surface area contributed by atoms with E-state index in [1.165, 1.54) is 24.5 Å². The Hall–Kier alpha value is -4.17. The van der Waals surface area contributed by atoms with Crippen LogP contribution < -0.4 is 19.6 Å². The first kappa shape index (κ1) is 23.6. The second kappa shape index (κ2) is 9.47. The number of rotatable bonds is 5. The van der Waals surface area contributed by atoms with Crippen LogP contribution in [0.1, 0.15) is 31.0 Å². The smallest absolute Gasteiger partial charge is 0.338 e. The van der Waals surface area contributed by atoms with Crippen LogP contribution in [0.4, 0.5) is 0 Å². The number of benzene rings is 3. The molecule has 0 saturated heterocycles. The number of thiazole rings is 1. The van der Waals surface area contributed by atoms with Crippen LogP contribution in [0, 0.1) is 0 Å². The SMILES string of the molecule is CCOC(=O)C1=C(C)N=c2s/c(=C\c3ccc(O)c(OC)c3)c(=O)n2[C@H]1c1cccc2ccccc12. The molecule has 8 heteroatoms. The van der Waals surface area contributed by atoms with Crippen molar-refractivity contribution in [1.29, 1.82) is 0 Å². The number of methoxy groups -OCH3 is 1. The number of nitrogens with zero attached hydrogens (tertiary/aromatic N) is 2. The fourth-order valence-electron chi connectivity index (χ4n) is 4.51. The third-order valence-electron chi connectivity index (χ3n) is 6.14. The van der Waals surface area contributed by atoms with Gasteiger partial charge in [-0.15, -0.1) is 0 Å². The molecule has 1 atom stereocenters. The molecule has 3 aromatic carbocycles. The first-order chi connectivity index (χ1) is 17.4. The molecule has 0 fully saturated rings. The van der Waals surface area contributed by atoms with E-state index >= 15 is 0 Å². The topological polar surface area (TPSA) is 90.1 Å². The zero-order valence-corrected chi connectivity index (χ0v) is 20.8. The Labute approximate surface area is 210 Å². The Morgan fingerprint density at radius 3 is 2.72 bits per heavy atom. The van der Waals surface area contributed by atoms with E-state index in [1.807, 2.05) is 42.5 Å². The van der Waals surface area contributed by atoms with Crippen molar-refractivity contribution in [1.82, 2.24) is 4.57 Å². The molecule has 0 bridgehead atoms. The number of allylic oxidation sites excluding steroid dienone is 1. The Morgan fingerprint density at radius 2 is 1.94 bits per heavy atom. The molecule has 0 saturated carbocycles. The minimum Gasteiger partial charge on any atom is -0.504 e. The Morgan fingerprint density at radius 1 is 1.17 bits per heavy atom. The van der Waals surface area contributed by atoms with Crippen LogP contribution in [0.3, 0.4) is 0 Å². The van der Waals surface area contributed by atoms with Crippen molar-refractivity contribution in [2.45, 2.75) is 19.9 Å². The lowest BCUT2D eigenvalue weighted by Crippen LogP contribution is -2.40. The van der Waals surface area contributed by atoms with Crippen LogP contribution >= 0.6 is 11.3 Å². The van der Waals surface area contributed by atoms with E-state index in [1.54, 1.807) is 36.6 Å². The number of phenolic OH excluding ortho intramolecular Hbond substituents is 1. The molecule has 0 spiro atoms. The average molecular weight is 501 g/mol. The van der Waals surface area contributed by atoms with Crippen LogP contribution in [0.2, 0.25) is 0 Å². The third kappa shape index (κ3) is 3.99. The number of carbonyl (C=O) groups excluding carboxylic acids is 1. The highest BCUT2D eigenvalue weighted by Gasteiger charge is 2.34. The predicted molar refractivity (Wildman–Crippen MR) is 139 cm³/mol. The van der Waals surface area contributed by atoms with E-state index in [0.29, 0.717) is 31.9 Å². The number of aromatic hydroxyl groups is 1. The summed E-state index contributed by atoms with van der Waals surface area (Å²) < 4.78 is 12.6. The highest BCUT2D eigenvalue weighted by Crippen LogP contribution is 2.35. The fourth-order valence-corrected chi connectivity index (χ4v) is 5.56. The largest absolute Gasteiger partial charge is 0.504 e. The van der Waals surface area contributed by atoms with Gasteiger partial charge in [0.15, 0.2) is 16.3 Å². The van der Waals surface area contributed by atoms with E-state index in [-0.39, 0.29) is 17.9 Å². The molecule has 7 nitrogen and oxygen atoms in total. The van der Waals surface area contributed by atoms with Crippen molar-refractivity contribution in [3.05, 3.63) is 103 Å². The van der Waals surface area contributed by atoms with Crippen LogP contribution in [0.15, 0.2) is 81.7 Å². The maximum atomic E-state index is 13.8. The number of esters is 1. The lowest BCUT2D eigenvalue weighted by molar-refractivity contribution is -0.139. The summed E-state index contributed by atoms with van der Waals surface area (Å²) in [4.78, 5) is 32.1. The number of hydrogen-bond acceptors (Lipinski definition) is 7. The van der Waals surface area contributed by atoms with Crippen LogP contribution in [0.25, 0.3) is 16.8 Å². The van der Waals surface area contributed by atoms with Gasteiger partial charge in [0.2, 0.25) is 0 Å². The zero-order valence-electron chi connectivity index (χ0n) is 20.0. The molecular formula is C28H24N2O5S. The molecule has 1 aliphatic heterocycles. The summed E-state index contributed by atoms with van der Waals surface area (Å²) in [6.07, 6.45) is 1.73. The van der Waals surface area contributed by atoms with Gasteiger partial charge in [0.05, 0.1) is 35.6 Å². The number of ether oxygens (including phenoxy) is 2. The Balaban J connectivity index is 1.78. The summed E-state index contributed by atoms with van der Waals surface area (Å²) in [5.41, 5.74) is 2.12. The van der Waals surface area contributed by atoms with E-state index < -0.39 is 12.0 Å². The fraction of sp³-hybridized carbons (Fsp3) is 0.179. The zero-order chi connectivity index (χ0) is 25.4. The van der Waals surface area contributed by atoms with Gasteiger partial charge in [0.25, 0.3) is 5.56 Å². The van der Waals surface area contributed by atoms with Crippen LogP contribution in [-0.2, 0) is 9.53 Å². The maximum Gasteiger partial charge on any atom is 0.338 e. The Bertz CT molecular complexity index is 1710. The van der Waals surface area contributed by atoms with Crippen molar-refractivity contribution in [3.63, 3.8) is 0 Å². The number of carbonyl (C=O) groups is 1. The predicted octanol–water partition coefficient (Wildman–Crippen LogP) is 3.67. The summed E-state index contributed by atoms with van der Waals surface area (Å²) in [5.74, 6) is -0.165. The quantitative estimate of drug-likeness (QED) is 0.423. The van der Waals surface area contributed by atoms with Crippen molar-refractivity contribution in [2.24, 2.45) is 4.99 Å². The van der Waals surface area contributed by atoms with Gasteiger partial charge in [0, 0.05) is 0 Å². The van der Waals surface area contributed by atoms with Crippen molar-refractivity contribution >= 4 is 34.2 Å². The third-order valence-corrected chi connectivity index (χ3v) is 7.12. The molecule has 1 aromatic heterocycles. The lowest BCUT2D eigenvalue weighted by atomic mass is 9.91. The molecular weight excluding hydrogens is 476 g/mol. The molecule has 5 rings (SSSR count). The minimum atomic E-state index is -0.692. The van der Waals surface area contributed by atoms with Gasteiger partial charge in [-0.05, 0) is 54.0 Å². The molecule has 0 unspecified atom stereocenters. The monoisotopic (exact) mass is 500 g/mol. The Kier molecular flexibility index (Phi) is 6.20. The lowest BCUT2D eigenvalue weighted by Gasteiger charge is -2.25. The number of hydrogen-bond donors (Lipinski definition) is 1. The molecule has 1 aliphatic rings. The first-order valence-corrected chi connectivity index (χ1v) is 12.3. The first-order valence-electron chi connectivity index (χ1n) is 11.5. The van der Waals surface area contributed by atoms with Gasteiger partial charge in [-0.25, -0.2) is 9.79 Å². The van der Waals surface area contributed by atoms with Crippen molar-refractivity contribution in [2.75, 3.05) is 13.7 Å². The van der Waals surface area contributed by atoms with Crippen molar-refractivity contribution < 1.29 is 19.4 Å². The van der Waals surface area contributed by atoms with Gasteiger partial charge in [-0.3, -0.25) is 9.36 Å². The van der Waals surface area contributed by atoms with E-state index in [2.05, 4.69) is 4.99 Å². The van der Waals surface area contributed by atoms with Gasteiger partial charge in [0.1, 0.15) is 0 Å². The minimum absolute atomic E-state index is 0.0155. The summed E-state index contributed by atoms with van der Waals surface area (Å²) in [5, 5.41) is 11.9. The molecule has 4 aromatic rings. The van der Waals surface area contributed by atoms with E-state index in [4.69, 9.17) is 9.47 Å². The van der Waals surface area contributed by atoms with Crippen LogP contribution in [-0.4, -0.2) is 29.4 Å². The second-order valence-electron chi connectivity index (χ2n) is 8.30. The number of fused-ring (bicyclic) bond motifs is 2. The summed E-state index contributed by atoms with van der Waals surface area (Å²) in [6.45, 7) is 3.74. The molecule has 36 heavy (non-hydrogen) atoms. The summed E-state index contributed by atoms with van der Waals surface area (Å²) >= 11 is 1.25. The van der Waals surface area contributed by atoms with Crippen LogP contribution in [0.5, 0.6) is 11.5 Å². The number of aromatic nitrogens is 1. The summed E-state index contributed by atoms with van der Waals surface area (Å²) in [6, 6.07) is 17.9. The average Bonchev–Trinajstić information content (AvgIpc) is 3.18. The normalized spacial score (nSPS) is 15.5. The maximum absolute atomic E-state index is 13.8. The van der Waals surface area contributed by atoms with Crippen molar-refractivity contribution in [3.8, 4) is 11.5 Å². The van der Waals surface area contributed by atoms with Gasteiger partial charge >= 0.3 is 5.97 Å². The second-order valence-corrected chi connectivity index (χ2v) is 9.31.